The van der Waals surface area contributed by atoms with Crippen molar-refractivity contribution < 1.29 is 14.4 Å². The predicted molar refractivity (Wildman–Crippen MR) is 137 cm³/mol. The second-order valence-electron chi connectivity index (χ2n) is 9.66. The normalized spacial score (nSPS) is 20.9. The van der Waals surface area contributed by atoms with Crippen molar-refractivity contribution in [2.75, 3.05) is 37.6 Å². The van der Waals surface area contributed by atoms with E-state index in [9.17, 15) is 14.4 Å². The first-order chi connectivity index (χ1) is 16.8. The van der Waals surface area contributed by atoms with Crippen LogP contribution in [0.1, 0.15) is 49.1 Å². The first-order valence-corrected chi connectivity index (χ1v) is 13.7. The molecular weight excluding hydrogens is 507 g/mol. The molecule has 0 radical (unpaired) electrons. The zero-order chi connectivity index (χ0) is 24.6. The third-order valence-electron chi connectivity index (χ3n) is 7.36. The van der Waals surface area contributed by atoms with Gasteiger partial charge in [0.05, 0.1) is 12.6 Å². The summed E-state index contributed by atoms with van der Waals surface area (Å²) in [6, 6.07) is 5.65. The average Bonchev–Trinajstić information content (AvgIpc) is 3.48. The Balaban J connectivity index is 1.22. The molecule has 5 rings (SSSR count). The number of rotatable bonds is 7. The maximum atomic E-state index is 13.2. The lowest BCUT2D eigenvalue weighted by Crippen LogP contribution is -2.41. The number of fused-ring (bicyclic) bond motifs is 2. The van der Waals surface area contributed by atoms with Crippen LogP contribution in [-0.2, 0) is 26.2 Å². The van der Waals surface area contributed by atoms with Gasteiger partial charge >= 0.3 is 0 Å². The van der Waals surface area contributed by atoms with Gasteiger partial charge < -0.3 is 14.7 Å². The van der Waals surface area contributed by atoms with Gasteiger partial charge in [0, 0.05) is 61.7 Å². The number of carbonyl (C=O) groups is 3. The summed E-state index contributed by atoms with van der Waals surface area (Å²) in [7, 11) is 0. The van der Waals surface area contributed by atoms with Crippen LogP contribution in [0.25, 0.3) is 0 Å². The number of hydrogen-bond donors (Lipinski definition) is 0. The molecular formula is C25H28Cl2N4O3S. The summed E-state index contributed by atoms with van der Waals surface area (Å²) in [6.07, 6.45) is 6.05. The zero-order valence-corrected chi connectivity index (χ0v) is 21.8. The second kappa shape index (κ2) is 10.1. The number of amides is 3. The number of unbranched alkanes of at least 4 members (excludes halogenated alkanes) is 1. The first kappa shape index (κ1) is 24.5. The molecule has 2 saturated heterocycles. The first-order valence-electron chi connectivity index (χ1n) is 12.1. The van der Waals surface area contributed by atoms with Gasteiger partial charge in [-0.1, -0.05) is 23.2 Å². The van der Waals surface area contributed by atoms with E-state index in [-0.39, 0.29) is 29.6 Å². The Kier molecular flexibility index (Phi) is 7.06. The molecule has 1 spiro atoms. The summed E-state index contributed by atoms with van der Waals surface area (Å²) in [5.74, 6) is 0.283. The highest BCUT2D eigenvalue weighted by atomic mass is 35.5. The van der Waals surface area contributed by atoms with E-state index in [0.29, 0.717) is 53.3 Å². The van der Waals surface area contributed by atoms with E-state index in [4.69, 9.17) is 23.2 Å². The monoisotopic (exact) mass is 534 g/mol. The highest BCUT2D eigenvalue weighted by Gasteiger charge is 2.49. The number of benzene rings is 1. The van der Waals surface area contributed by atoms with Gasteiger partial charge in [-0.15, -0.1) is 11.3 Å². The third kappa shape index (κ3) is 5.06. The summed E-state index contributed by atoms with van der Waals surface area (Å²) < 4.78 is 0.563. The van der Waals surface area contributed by atoms with Crippen molar-refractivity contribution in [1.82, 2.24) is 14.8 Å². The molecule has 186 valence electrons. The predicted octanol–water partition coefficient (Wildman–Crippen LogP) is 4.30. The molecule has 3 amide bonds. The molecule has 35 heavy (non-hydrogen) atoms. The van der Waals surface area contributed by atoms with Crippen LogP contribution in [0.3, 0.4) is 0 Å². The van der Waals surface area contributed by atoms with Gasteiger partial charge in [0.2, 0.25) is 17.7 Å². The molecule has 1 aromatic carbocycles. The summed E-state index contributed by atoms with van der Waals surface area (Å²) in [6.45, 7) is 3.49. The number of nitrogens with zero attached hydrogens (tertiary/aromatic N) is 4. The standard InChI is InChI=1S/C25H28Cl2N4O3S/c26-17-6-7-19-18(12-17)25(16-31(19)24(34)13-21-28-14-20(27)35-21)8-11-30(15-25)23(33)5-2-1-4-22(32)29-9-3-10-29/h6-7,12,14H,1-5,8-11,13,15-16H2. The molecule has 3 aliphatic rings. The zero-order valence-electron chi connectivity index (χ0n) is 19.5. The Bertz CT molecular complexity index is 1150. The Hall–Kier alpha value is -2.16. The smallest absolute Gasteiger partial charge is 0.233 e. The quantitative estimate of drug-likeness (QED) is 0.496. The lowest BCUT2D eigenvalue weighted by Gasteiger charge is -2.30. The number of thiazole rings is 1. The van der Waals surface area contributed by atoms with Crippen molar-refractivity contribution in [3.05, 3.63) is 44.3 Å². The summed E-state index contributed by atoms with van der Waals surface area (Å²) >= 11 is 13.7. The number of carbonyl (C=O) groups excluding carboxylic acids is 3. The van der Waals surface area contributed by atoms with Crippen LogP contribution >= 0.6 is 34.5 Å². The highest BCUT2D eigenvalue weighted by molar-refractivity contribution is 7.15. The molecule has 1 unspecified atom stereocenters. The van der Waals surface area contributed by atoms with Gasteiger partial charge in [-0.2, -0.15) is 0 Å². The van der Waals surface area contributed by atoms with Crippen LogP contribution in [0.5, 0.6) is 0 Å². The van der Waals surface area contributed by atoms with Crippen LogP contribution < -0.4 is 4.90 Å². The van der Waals surface area contributed by atoms with E-state index in [1.54, 1.807) is 12.3 Å². The van der Waals surface area contributed by atoms with Gasteiger partial charge in [0.1, 0.15) is 9.34 Å². The Morgan fingerprint density at radius 1 is 0.971 bits per heavy atom. The van der Waals surface area contributed by atoms with Crippen LogP contribution in [-0.4, -0.2) is 65.2 Å². The second-order valence-corrected chi connectivity index (χ2v) is 11.8. The van der Waals surface area contributed by atoms with Crippen molar-refractivity contribution in [3.63, 3.8) is 0 Å². The summed E-state index contributed by atoms with van der Waals surface area (Å²) in [5.41, 5.74) is 1.58. The third-order valence-corrected chi connectivity index (χ3v) is 8.71. The molecule has 0 N–H and O–H groups in total. The molecule has 0 aliphatic carbocycles. The van der Waals surface area contributed by atoms with Crippen molar-refractivity contribution in [1.29, 1.82) is 0 Å². The fourth-order valence-corrected chi connectivity index (χ4v) is 6.45. The van der Waals surface area contributed by atoms with Gasteiger partial charge in [-0.25, -0.2) is 4.98 Å². The van der Waals surface area contributed by atoms with Crippen molar-refractivity contribution in [2.45, 2.75) is 50.4 Å². The van der Waals surface area contributed by atoms with Crippen LogP contribution in [0.2, 0.25) is 9.36 Å². The van der Waals surface area contributed by atoms with Crippen molar-refractivity contribution in [2.24, 2.45) is 0 Å². The topological polar surface area (TPSA) is 73.8 Å². The number of likely N-dealkylation sites (tertiary alicyclic amines) is 2. The van der Waals surface area contributed by atoms with E-state index in [1.165, 1.54) is 11.3 Å². The van der Waals surface area contributed by atoms with E-state index in [0.717, 1.165) is 43.6 Å². The Labute approximate surface area is 219 Å². The minimum absolute atomic E-state index is 0.0342. The molecule has 3 aliphatic heterocycles. The lowest BCUT2D eigenvalue weighted by molar-refractivity contribution is -0.135. The van der Waals surface area contributed by atoms with Gasteiger partial charge in [0.15, 0.2) is 0 Å². The number of halogens is 2. The minimum Gasteiger partial charge on any atom is -0.343 e. The maximum Gasteiger partial charge on any atom is 0.233 e. The fourth-order valence-electron chi connectivity index (χ4n) is 5.33. The SMILES string of the molecule is O=C(CCCCC(=O)N1CCC2(C1)CN(C(=O)Cc1ncc(Cl)s1)c1ccc(Cl)cc12)N1CCC1. The molecule has 1 aromatic heterocycles. The van der Waals surface area contributed by atoms with Gasteiger partial charge in [-0.3, -0.25) is 14.4 Å². The Morgan fingerprint density at radius 3 is 2.37 bits per heavy atom. The molecule has 1 atom stereocenters. The van der Waals surface area contributed by atoms with Crippen LogP contribution in [0.4, 0.5) is 5.69 Å². The van der Waals surface area contributed by atoms with E-state index in [1.807, 2.05) is 26.8 Å². The van der Waals surface area contributed by atoms with Gasteiger partial charge in [-0.05, 0) is 49.4 Å². The van der Waals surface area contributed by atoms with Crippen LogP contribution in [0, 0.1) is 0 Å². The van der Waals surface area contributed by atoms with Crippen LogP contribution in [0.15, 0.2) is 24.4 Å². The average molecular weight is 535 g/mol. The van der Waals surface area contributed by atoms with Crippen molar-refractivity contribution >= 4 is 57.9 Å². The number of aromatic nitrogens is 1. The lowest BCUT2D eigenvalue weighted by atomic mass is 9.81. The number of anilines is 1. The Morgan fingerprint density at radius 2 is 1.71 bits per heavy atom. The summed E-state index contributed by atoms with van der Waals surface area (Å²) in [4.78, 5) is 48.1. The molecule has 2 aromatic rings. The number of hydrogen-bond acceptors (Lipinski definition) is 5. The molecule has 7 nitrogen and oxygen atoms in total. The van der Waals surface area contributed by atoms with Crippen molar-refractivity contribution in [3.8, 4) is 0 Å². The molecule has 0 saturated carbocycles. The molecule has 0 bridgehead atoms. The molecule has 10 heteroatoms. The minimum atomic E-state index is -0.320. The van der Waals surface area contributed by atoms with E-state index in [2.05, 4.69) is 4.98 Å². The molecule has 2 fully saturated rings. The van der Waals surface area contributed by atoms with E-state index < -0.39 is 0 Å². The maximum absolute atomic E-state index is 13.2. The largest absolute Gasteiger partial charge is 0.343 e. The fraction of sp³-hybridized carbons (Fsp3) is 0.520. The van der Waals surface area contributed by atoms with Gasteiger partial charge in [0.25, 0.3) is 0 Å². The molecule has 4 heterocycles. The van der Waals surface area contributed by atoms with E-state index >= 15 is 0 Å². The summed E-state index contributed by atoms with van der Waals surface area (Å²) in [5, 5.41) is 1.31. The highest BCUT2D eigenvalue weighted by Crippen LogP contribution is 2.47.